The van der Waals surface area contributed by atoms with Crippen molar-refractivity contribution in [3.05, 3.63) is 128 Å². The van der Waals surface area contributed by atoms with Crippen molar-refractivity contribution in [2.24, 2.45) is 0 Å². The fraction of sp³-hybridized carbons (Fsp3) is 0. The Morgan fingerprint density at radius 2 is 1.23 bits per heavy atom. The van der Waals surface area contributed by atoms with Gasteiger partial charge in [0.15, 0.2) is 0 Å². The van der Waals surface area contributed by atoms with Gasteiger partial charge < -0.3 is 4.57 Å². The monoisotopic (exact) mass is 527 g/mol. The summed E-state index contributed by atoms with van der Waals surface area (Å²) in [5.74, 6) is 0. The van der Waals surface area contributed by atoms with Crippen molar-refractivity contribution < 1.29 is 0 Å². The minimum absolute atomic E-state index is 0.896. The van der Waals surface area contributed by atoms with Crippen LogP contribution in [0.4, 0.5) is 0 Å². The number of nitrogens with zero attached hydrogens (tertiary/aromatic N) is 3. The molecule has 0 bridgehead atoms. The summed E-state index contributed by atoms with van der Waals surface area (Å²) < 4.78 is 4.95. The van der Waals surface area contributed by atoms with E-state index in [4.69, 9.17) is 9.97 Å². The average Bonchev–Trinajstić information content (AvgIpc) is 3.54. The molecule has 0 saturated heterocycles. The second-order valence-electron chi connectivity index (χ2n) is 10.3. The van der Waals surface area contributed by atoms with Crippen LogP contribution in [0.5, 0.6) is 0 Å². The lowest BCUT2D eigenvalue weighted by molar-refractivity contribution is 1.17. The molecule has 0 unspecified atom stereocenters. The Labute approximate surface area is 233 Å². The van der Waals surface area contributed by atoms with Crippen molar-refractivity contribution in [2.45, 2.75) is 0 Å². The molecule has 0 atom stereocenters. The third-order valence-corrected chi connectivity index (χ3v) is 9.21. The normalized spacial score (nSPS) is 12.0. The quantitative estimate of drug-likeness (QED) is 0.224. The predicted molar refractivity (Wildman–Crippen MR) is 170 cm³/mol. The maximum Gasteiger partial charge on any atom is 0.113 e. The maximum atomic E-state index is 4.92. The smallest absolute Gasteiger partial charge is 0.113 e. The van der Waals surface area contributed by atoms with Crippen LogP contribution in [0.2, 0.25) is 0 Å². The van der Waals surface area contributed by atoms with Crippen molar-refractivity contribution in [2.75, 3.05) is 0 Å². The predicted octanol–water partition coefficient (Wildman–Crippen LogP) is 9.91. The Kier molecular flexibility index (Phi) is 4.48. The summed E-state index contributed by atoms with van der Waals surface area (Å²) in [7, 11) is 0. The number of benzene rings is 6. The molecule has 0 aliphatic rings. The first-order valence-corrected chi connectivity index (χ1v) is 14.2. The van der Waals surface area contributed by atoms with Crippen molar-refractivity contribution in [3.8, 4) is 16.8 Å². The van der Waals surface area contributed by atoms with E-state index >= 15 is 0 Å². The van der Waals surface area contributed by atoms with E-state index in [0.29, 0.717) is 0 Å². The molecule has 3 heterocycles. The summed E-state index contributed by atoms with van der Waals surface area (Å²) in [6.07, 6.45) is 3.60. The zero-order chi connectivity index (χ0) is 26.2. The van der Waals surface area contributed by atoms with Crippen LogP contribution < -0.4 is 0 Å². The largest absolute Gasteiger partial charge is 0.307 e. The summed E-state index contributed by atoms with van der Waals surface area (Å²) in [5, 5.41) is 7.56. The molecule has 0 fully saturated rings. The molecule has 0 aliphatic heterocycles. The van der Waals surface area contributed by atoms with Crippen LogP contribution in [0.15, 0.2) is 128 Å². The molecule has 6 aromatic carbocycles. The molecule has 3 nitrogen and oxygen atoms in total. The molecule has 4 heteroatoms. The summed E-state index contributed by atoms with van der Waals surface area (Å²) in [6.45, 7) is 0. The second-order valence-corrected chi connectivity index (χ2v) is 11.3. The highest BCUT2D eigenvalue weighted by atomic mass is 32.1. The molecule has 9 aromatic rings. The van der Waals surface area contributed by atoms with Crippen LogP contribution in [-0.2, 0) is 0 Å². The van der Waals surface area contributed by atoms with Gasteiger partial charge in [0, 0.05) is 48.9 Å². The first kappa shape index (κ1) is 21.8. The topological polar surface area (TPSA) is 30.7 Å². The lowest BCUT2D eigenvalue weighted by atomic mass is 10.0. The number of hydrogen-bond acceptors (Lipinski definition) is 3. The molecule has 186 valence electrons. The molecule has 9 rings (SSSR count). The molecular weight excluding hydrogens is 506 g/mol. The van der Waals surface area contributed by atoms with Gasteiger partial charge in [0.25, 0.3) is 0 Å². The lowest BCUT2D eigenvalue weighted by Crippen LogP contribution is -1.99. The van der Waals surface area contributed by atoms with Crippen LogP contribution in [0.1, 0.15) is 0 Å². The van der Waals surface area contributed by atoms with Gasteiger partial charge in [-0.05, 0) is 58.8 Å². The molecule has 0 saturated carbocycles. The van der Waals surface area contributed by atoms with Gasteiger partial charge in [-0.3, -0.25) is 9.97 Å². The van der Waals surface area contributed by atoms with E-state index in [-0.39, 0.29) is 0 Å². The number of hydrogen-bond donors (Lipinski definition) is 0. The fourth-order valence-corrected chi connectivity index (χ4v) is 7.41. The summed E-state index contributed by atoms with van der Waals surface area (Å²) in [5.41, 5.74) is 7.43. The molecule has 0 spiro atoms. The van der Waals surface area contributed by atoms with Gasteiger partial charge in [-0.2, -0.15) is 0 Å². The van der Waals surface area contributed by atoms with Crippen LogP contribution in [0, 0.1) is 0 Å². The van der Waals surface area contributed by atoms with E-state index in [1.165, 1.54) is 52.8 Å². The molecule has 0 N–H and O–H groups in total. The summed E-state index contributed by atoms with van der Waals surface area (Å²) in [6, 6.07) is 41.6. The highest BCUT2D eigenvalue weighted by molar-refractivity contribution is 7.25. The highest BCUT2D eigenvalue weighted by Gasteiger charge is 2.18. The lowest BCUT2D eigenvalue weighted by Gasteiger charge is -2.13. The Morgan fingerprint density at radius 1 is 0.500 bits per heavy atom. The molecule has 0 amide bonds. The number of thiophene rings is 1. The zero-order valence-corrected chi connectivity index (χ0v) is 22.2. The van der Waals surface area contributed by atoms with E-state index < -0.39 is 0 Å². The van der Waals surface area contributed by atoms with Gasteiger partial charge in [0.1, 0.15) is 5.52 Å². The fourth-order valence-electron chi connectivity index (χ4n) is 6.26. The van der Waals surface area contributed by atoms with Crippen LogP contribution in [0.3, 0.4) is 0 Å². The van der Waals surface area contributed by atoms with Gasteiger partial charge in [-0.25, -0.2) is 0 Å². The van der Waals surface area contributed by atoms with Gasteiger partial charge in [-0.15, -0.1) is 11.3 Å². The molecular formula is C36H21N3S. The summed E-state index contributed by atoms with van der Waals surface area (Å²) >= 11 is 1.84. The standard InChI is InChI=1S/C36H21N3S/c1-2-8-23-20-32-29(19-22(23)7-1)26-9-3-5-11-30(26)39(32)31-16-15-25(35-36(31)38-18-17-37-35)24-13-14-28-27-10-4-6-12-33(27)40-34(28)21-24/h1-21H. The van der Waals surface area contributed by atoms with Gasteiger partial charge >= 0.3 is 0 Å². The Hall–Kier alpha value is -5.06. The first-order valence-electron chi connectivity index (χ1n) is 13.4. The summed E-state index contributed by atoms with van der Waals surface area (Å²) in [4.78, 5) is 9.80. The number of aromatic nitrogens is 3. The van der Waals surface area contributed by atoms with Crippen LogP contribution in [0.25, 0.3) is 80.6 Å². The van der Waals surface area contributed by atoms with E-state index in [0.717, 1.165) is 27.8 Å². The Balaban J connectivity index is 1.33. The Morgan fingerprint density at radius 3 is 2.12 bits per heavy atom. The minimum Gasteiger partial charge on any atom is -0.307 e. The van der Waals surface area contributed by atoms with E-state index in [9.17, 15) is 0 Å². The van der Waals surface area contributed by atoms with E-state index in [1.807, 2.05) is 11.3 Å². The van der Waals surface area contributed by atoms with Gasteiger partial charge in [0.05, 0.1) is 22.2 Å². The van der Waals surface area contributed by atoms with Crippen LogP contribution in [-0.4, -0.2) is 14.5 Å². The van der Waals surface area contributed by atoms with Crippen molar-refractivity contribution >= 4 is 75.1 Å². The van der Waals surface area contributed by atoms with Crippen LogP contribution >= 0.6 is 11.3 Å². The molecule has 3 aromatic heterocycles. The average molecular weight is 528 g/mol. The zero-order valence-electron chi connectivity index (χ0n) is 21.4. The number of fused-ring (bicyclic) bond motifs is 8. The molecule has 0 aliphatic carbocycles. The first-order chi connectivity index (χ1) is 19.8. The number of para-hydroxylation sites is 1. The van der Waals surface area contributed by atoms with E-state index in [1.54, 1.807) is 12.4 Å². The Bertz CT molecular complexity index is 2450. The SMILES string of the molecule is c1ccc2cc3c(cc2c1)c1ccccc1n3-c1ccc(-c2ccc3c(c2)sc2ccccc23)c2nccnc12. The third-order valence-electron chi connectivity index (χ3n) is 8.07. The van der Waals surface area contributed by atoms with Crippen molar-refractivity contribution in [3.63, 3.8) is 0 Å². The highest BCUT2D eigenvalue weighted by Crippen LogP contribution is 2.40. The third kappa shape index (κ3) is 3.05. The second kappa shape index (κ2) is 8.22. The van der Waals surface area contributed by atoms with Gasteiger partial charge in [0.2, 0.25) is 0 Å². The maximum absolute atomic E-state index is 4.92. The molecule has 0 radical (unpaired) electrons. The molecule has 40 heavy (non-hydrogen) atoms. The van der Waals surface area contributed by atoms with Crippen molar-refractivity contribution in [1.82, 2.24) is 14.5 Å². The van der Waals surface area contributed by atoms with Crippen molar-refractivity contribution in [1.29, 1.82) is 0 Å². The minimum atomic E-state index is 0.896. The van der Waals surface area contributed by atoms with Gasteiger partial charge in [-0.1, -0.05) is 72.8 Å². The van der Waals surface area contributed by atoms with E-state index in [2.05, 4.69) is 120 Å². The number of rotatable bonds is 2.